The number of hydrogen-bond donors (Lipinski definition) is 1. The Hall–Kier alpha value is -2.16. The number of benzene rings is 1. The van der Waals surface area contributed by atoms with Gasteiger partial charge in [-0.15, -0.1) is 10.2 Å². The van der Waals surface area contributed by atoms with Crippen molar-refractivity contribution in [2.75, 3.05) is 23.3 Å². The van der Waals surface area contributed by atoms with Crippen LogP contribution in [0.25, 0.3) is 0 Å². The van der Waals surface area contributed by atoms with E-state index in [-0.39, 0.29) is 5.91 Å². The molecule has 0 saturated carbocycles. The standard InChI is InChI=1S/C20H21Cl2N5O2S/c1-13(18(28)23-17-11-14(21)6-7-16(17)22)30-20-25-24-19(26-8-2-3-9-26)27(20)12-15-5-4-10-29-15/h4-7,10-11,13H,2-3,8-9,12H2,1H3,(H,23,28). The van der Waals surface area contributed by atoms with E-state index >= 15 is 0 Å². The Morgan fingerprint density at radius 1 is 1.27 bits per heavy atom. The maximum atomic E-state index is 12.8. The number of halogens is 2. The number of anilines is 2. The van der Waals surface area contributed by atoms with Gasteiger partial charge in [0.05, 0.1) is 28.8 Å². The number of rotatable bonds is 7. The molecule has 1 aromatic carbocycles. The van der Waals surface area contributed by atoms with Crippen LogP contribution in [0, 0.1) is 0 Å². The maximum absolute atomic E-state index is 12.8. The van der Waals surface area contributed by atoms with Crippen molar-refractivity contribution in [2.24, 2.45) is 0 Å². The monoisotopic (exact) mass is 465 g/mol. The van der Waals surface area contributed by atoms with E-state index in [9.17, 15) is 4.79 Å². The third-order valence-corrected chi connectivity index (χ3v) is 6.46. The zero-order valence-electron chi connectivity index (χ0n) is 16.3. The quantitative estimate of drug-likeness (QED) is 0.497. The molecule has 0 spiro atoms. The van der Waals surface area contributed by atoms with Crippen LogP contribution >= 0.6 is 35.0 Å². The number of hydrogen-bond acceptors (Lipinski definition) is 6. The Balaban J connectivity index is 1.52. The third kappa shape index (κ3) is 4.77. The van der Waals surface area contributed by atoms with Crippen molar-refractivity contribution < 1.29 is 9.21 Å². The van der Waals surface area contributed by atoms with E-state index in [1.807, 2.05) is 23.6 Å². The van der Waals surface area contributed by atoms with Crippen molar-refractivity contribution in [3.8, 4) is 0 Å². The molecule has 30 heavy (non-hydrogen) atoms. The van der Waals surface area contributed by atoms with Crippen molar-refractivity contribution in [1.29, 1.82) is 0 Å². The highest BCUT2D eigenvalue weighted by Gasteiger charge is 2.25. The van der Waals surface area contributed by atoms with Gasteiger partial charge >= 0.3 is 0 Å². The first-order valence-corrected chi connectivity index (χ1v) is 11.3. The second-order valence-electron chi connectivity index (χ2n) is 7.02. The first kappa shape index (κ1) is 21.1. The van der Waals surface area contributed by atoms with Gasteiger partial charge < -0.3 is 14.6 Å². The van der Waals surface area contributed by atoms with Gasteiger partial charge in [-0.25, -0.2) is 0 Å². The number of carbonyl (C=O) groups excluding carboxylic acids is 1. The van der Waals surface area contributed by atoms with Crippen molar-refractivity contribution in [1.82, 2.24) is 14.8 Å². The summed E-state index contributed by atoms with van der Waals surface area (Å²) in [6.45, 7) is 4.22. The Morgan fingerprint density at radius 2 is 2.07 bits per heavy atom. The molecule has 0 aliphatic carbocycles. The van der Waals surface area contributed by atoms with Crippen LogP contribution in [0.15, 0.2) is 46.2 Å². The fourth-order valence-electron chi connectivity index (χ4n) is 3.26. The Morgan fingerprint density at radius 3 is 2.80 bits per heavy atom. The largest absolute Gasteiger partial charge is 0.467 e. The average molecular weight is 466 g/mol. The first-order chi connectivity index (χ1) is 14.5. The third-order valence-electron chi connectivity index (χ3n) is 4.82. The molecular weight excluding hydrogens is 445 g/mol. The van der Waals surface area contributed by atoms with Gasteiger partial charge in [-0.1, -0.05) is 35.0 Å². The first-order valence-electron chi connectivity index (χ1n) is 9.64. The van der Waals surface area contributed by atoms with Gasteiger partial charge in [0.25, 0.3) is 0 Å². The Bertz CT molecular complexity index is 1020. The highest BCUT2D eigenvalue weighted by Crippen LogP contribution is 2.30. The van der Waals surface area contributed by atoms with Crippen LogP contribution in [0.5, 0.6) is 0 Å². The second-order valence-corrected chi connectivity index (χ2v) is 9.17. The molecule has 3 heterocycles. The molecule has 3 aromatic rings. The smallest absolute Gasteiger partial charge is 0.237 e. The van der Waals surface area contributed by atoms with E-state index < -0.39 is 5.25 Å². The SMILES string of the molecule is CC(Sc1nnc(N2CCCC2)n1Cc1ccco1)C(=O)Nc1cc(Cl)ccc1Cl. The minimum absolute atomic E-state index is 0.195. The van der Waals surface area contributed by atoms with Crippen molar-refractivity contribution in [3.05, 3.63) is 52.4 Å². The Labute approximate surface area is 188 Å². The lowest BCUT2D eigenvalue weighted by Gasteiger charge is -2.18. The van der Waals surface area contributed by atoms with Crippen LogP contribution in [0.2, 0.25) is 10.0 Å². The molecule has 1 fully saturated rings. The molecule has 1 atom stereocenters. The molecular formula is C20H21Cl2N5O2S. The van der Waals surface area contributed by atoms with Gasteiger partial charge in [-0.05, 0) is 50.1 Å². The summed E-state index contributed by atoms with van der Waals surface area (Å²) in [5.74, 6) is 1.41. The molecule has 0 bridgehead atoms. The van der Waals surface area contributed by atoms with E-state index in [0.29, 0.717) is 27.4 Å². The van der Waals surface area contributed by atoms with Crippen LogP contribution < -0.4 is 10.2 Å². The zero-order valence-corrected chi connectivity index (χ0v) is 18.7. The van der Waals surface area contributed by atoms with Gasteiger partial charge in [0.15, 0.2) is 5.16 Å². The van der Waals surface area contributed by atoms with Crippen LogP contribution in [0.1, 0.15) is 25.5 Å². The predicted molar refractivity (Wildman–Crippen MR) is 120 cm³/mol. The second kappa shape index (κ2) is 9.32. The van der Waals surface area contributed by atoms with Gasteiger partial charge in [0.2, 0.25) is 11.9 Å². The van der Waals surface area contributed by atoms with Crippen molar-refractivity contribution in [3.63, 3.8) is 0 Å². The summed E-state index contributed by atoms with van der Waals surface area (Å²) < 4.78 is 7.53. The summed E-state index contributed by atoms with van der Waals surface area (Å²) in [7, 11) is 0. The van der Waals surface area contributed by atoms with Crippen molar-refractivity contribution >= 4 is 52.5 Å². The van der Waals surface area contributed by atoms with Crippen LogP contribution in [0.4, 0.5) is 11.6 Å². The molecule has 4 rings (SSSR count). The molecule has 10 heteroatoms. The highest BCUT2D eigenvalue weighted by molar-refractivity contribution is 8.00. The number of nitrogens with zero attached hydrogens (tertiary/aromatic N) is 4. The molecule has 158 valence electrons. The van der Waals surface area contributed by atoms with Gasteiger partial charge in [0.1, 0.15) is 5.76 Å². The Kier molecular flexibility index (Phi) is 6.55. The molecule has 1 N–H and O–H groups in total. The lowest BCUT2D eigenvalue weighted by Crippen LogP contribution is -2.24. The van der Waals surface area contributed by atoms with E-state index in [0.717, 1.165) is 37.6 Å². The molecule has 1 saturated heterocycles. The zero-order chi connectivity index (χ0) is 21.1. The molecule has 1 unspecified atom stereocenters. The van der Waals surface area contributed by atoms with E-state index in [2.05, 4.69) is 20.4 Å². The number of carbonyl (C=O) groups is 1. The van der Waals surface area contributed by atoms with Crippen LogP contribution in [-0.4, -0.2) is 39.0 Å². The number of thioether (sulfide) groups is 1. The fraction of sp³-hybridized carbons (Fsp3) is 0.350. The summed E-state index contributed by atoms with van der Waals surface area (Å²) in [5.41, 5.74) is 0.483. The molecule has 7 nitrogen and oxygen atoms in total. The summed E-state index contributed by atoms with van der Waals surface area (Å²) in [4.78, 5) is 15.0. The van der Waals surface area contributed by atoms with Crippen LogP contribution in [-0.2, 0) is 11.3 Å². The minimum Gasteiger partial charge on any atom is -0.467 e. The lowest BCUT2D eigenvalue weighted by atomic mass is 10.3. The average Bonchev–Trinajstić information content (AvgIpc) is 3.48. The maximum Gasteiger partial charge on any atom is 0.237 e. The normalized spacial score (nSPS) is 14.8. The summed E-state index contributed by atoms with van der Waals surface area (Å²) in [6, 6.07) is 8.73. The molecule has 0 radical (unpaired) electrons. The number of amides is 1. The van der Waals surface area contributed by atoms with E-state index in [4.69, 9.17) is 27.6 Å². The number of aromatic nitrogens is 3. The summed E-state index contributed by atoms with van der Waals surface area (Å²) in [5, 5.41) is 12.8. The van der Waals surface area contributed by atoms with Gasteiger partial charge in [-0.3, -0.25) is 9.36 Å². The minimum atomic E-state index is -0.425. The summed E-state index contributed by atoms with van der Waals surface area (Å²) in [6.07, 6.45) is 3.91. The molecule has 1 amide bonds. The molecule has 1 aliphatic rings. The predicted octanol–water partition coefficient (Wildman–Crippen LogP) is 4.95. The van der Waals surface area contributed by atoms with Crippen molar-refractivity contribution in [2.45, 2.75) is 36.7 Å². The number of nitrogens with one attached hydrogen (secondary N) is 1. The molecule has 1 aliphatic heterocycles. The lowest BCUT2D eigenvalue weighted by molar-refractivity contribution is -0.115. The van der Waals surface area contributed by atoms with Crippen LogP contribution in [0.3, 0.4) is 0 Å². The topological polar surface area (TPSA) is 76.2 Å². The molecule has 2 aromatic heterocycles. The van der Waals surface area contributed by atoms with E-state index in [1.54, 1.807) is 24.5 Å². The van der Waals surface area contributed by atoms with Gasteiger partial charge in [0, 0.05) is 18.1 Å². The van der Waals surface area contributed by atoms with E-state index in [1.165, 1.54) is 11.8 Å². The fourth-order valence-corrected chi connectivity index (χ4v) is 4.44. The van der Waals surface area contributed by atoms with Gasteiger partial charge in [-0.2, -0.15) is 0 Å². The summed E-state index contributed by atoms with van der Waals surface area (Å²) >= 11 is 13.5. The highest BCUT2D eigenvalue weighted by atomic mass is 35.5. The number of furan rings is 1.